The van der Waals surface area contributed by atoms with Crippen LogP contribution in [-0.2, 0) is 0 Å². The van der Waals surface area contributed by atoms with Crippen LogP contribution >= 0.6 is 0 Å². The van der Waals surface area contributed by atoms with Crippen molar-refractivity contribution in [2.24, 2.45) is 0 Å². The van der Waals surface area contributed by atoms with Gasteiger partial charge in [-0.05, 0) is 50.6 Å². The van der Waals surface area contributed by atoms with Crippen LogP contribution in [0.1, 0.15) is 27.3 Å². The minimum Gasteiger partial charge on any atom is -0.492 e. The Balaban J connectivity index is 1.60. The lowest BCUT2D eigenvalue weighted by Gasteiger charge is -2.08. The van der Waals surface area contributed by atoms with Gasteiger partial charge in [0, 0.05) is 11.4 Å². The molecule has 1 aromatic carbocycles. The van der Waals surface area contributed by atoms with Gasteiger partial charge in [0.25, 0.3) is 5.91 Å². The number of aryl methyl sites for hydroxylation is 3. The Morgan fingerprint density at radius 2 is 2.08 bits per heavy atom. The molecule has 0 spiro atoms. The predicted octanol–water partition coefficient (Wildman–Crippen LogP) is 2.60. The second-order valence-electron chi connectivity index (χ2n) is 5.85. The lowest BCUT2D eigenvalue weighted by atomic mass is 10.2. The monoisotopic (exact) mass is 342 g/mol. The molecule has 25 heavy (non-hydrogen) atoms. The summed E-state index contributed by atoms with van der Waals surface area (Å²) in [4.78, 5) is 16.7. The van der Waals surface area contributed by atoms with Crippen LogP contribution in [0.2, 0.25) is 0 Å². The third-order valence-electron chi connectivity index (χ3n) is 3.81. The molecule has 130 valence electrons. The first-order valence-corrected chi connectivity index (χ1v) is 7.95. The summed E-state index contributed by atoms with van der Waals surface area (Å²) in [7, 11) is 0. The zero-order valence-electron chi connectivity index (χ0n) is 14.3. The van der Waals surface area contributed by atoms with Crippen molar-refractivity contribution < 1.29 is 13.9 Å². The average Bonchev–Trinajstić information content (AvgIpc) is 2.98. The van der Waals surface area contributed by atoms with Gasteiger partial charge in [0.05, 0.1) is 12.7 Å². The fourth-order valence-corrected chi connectivity index (χ4v) is 2.57. The highest BCUT2D eigenvalue weighted by Crippen LogP contribution is 2.15. The molecule has 0 aliphatic rings. The number of fused-ring (bicyclic) bond motifs is 1. The van der Waals surface area contributed by atoms with E-state index in [9.17, 15) is 9.18 Å². The van der Waals surface area contributed by atoms with Crippen molar-refractivity contribution in [2.75, 3.05) is 13.2 Å². The van der Waals surface area contributed by atoms with E-state index in [-0.39, 0.29) is 18.3 Å². The molecule has 3 aromatic rings. The largest absolute Gasteiger partial charge is 0.492 e. The van der Waals surface area contributed by atoms with Crippen LogP contribution in [0.4, 0.5) is 4.39 Å². The van der Waals surface area contributed by atoms with Gasteiger partial charge in [-0.25, -0.2) is 13.9 Å². The molecule has 0 saturated carbocycles. The number of halogens is 1. The minimum absolute atomic E-state index is 0.258. The van der Waals surface area contributed by atoms with Crippen LogP contribution in [0.25, 0.3) is 5.65 Å². The second-order valence-corrected chi connectivity index (χ2v) is 5.85. The third-order valence-corrected chi connectivity index (χ3v) is 3.81. The molecular weight excluding hydrogens is 323 g/mol. The van der Waals surface area contributed by atoms with E-state index in [0.717, 1.165) is 11.4 Å². The molecule has 0 aliphatic carbocycles. The van der Waals surface area contributed by atoms with Gasteiger partial charge in [-0.2, -0.15) is 5.10 Å². The Morgan fingerprint density at radius 3 is 2.84 bits per heavy atom. The second kappa shape index (κ2) is 6.88. The van der Waals surface area contributed by atoms with Crippen LogP contribution in [0.5, 0.6) is 5.75 Å². The number of carbonyl (C=O) groups excluding carboxylic acids is 1. The first kappa shape index (κ1) is 16.9. The summed E-state index contributed by atoms with van der Waals surface area (Å²) in [5.41, 5.74) is 3.21. The summed E-state index contributed by atoms with van der Waals surface area (Å²) in [6, 6.07) is 6.45. The van der Waals surface area contributed by atoms with Gasteiger partial charge in [-0.3, -0.25) is 4.79 Å². The van der Waals surface area contributed by atoms with Crippen LogP contribution < -0.4 is 10.1 Å². The highest BCUT2D eigenvalue weighted by atomic mass is 19.1. The van der Waals surface area contributed by atoms with Crippen LogP contribution in [0, 0.1) is 26.6 Å². The Kier molecular flexibility index (Phi) is 4.65. The molecule has 1 amide bonds. The predicted molar refractivity (Wildman–Crippen MR) is 91.4 cm³/mol. The standard InChI is InChI=1S/C18H19FN4O2/c1-11-8-14(4-5-16(11)19)25-7-6-20-18(24)15-10-21-23-13(3)9-12(2)22-17(15)23/h4-5,8-10H,6-7H2,1-3H3,(H,20,24). The number of amides is 1. The van der Waals surface area contributed by atoms with Gasteiger partial charge in [0.2, 0.25) is 0 Å². The molecule has 1 N–H and O–H groups in total. The molecule has 6 nitrogen and oxygen atoms in total. The van der Waals surface area contributed by atoms with Crippen molar-refractivity contribution in [3.8, 4) is 5.75 Å². The first-order chi connectivity index (χ1) is 12.0. The zero-order valence-corrected chi connectivity index (χ0v) is 14.3. The van der Waals surface area contributed by atoms with Crippen molar-refractivity contribution in [1.29, 1.82) is 0 Å². The molecule has 2 aromatic heterocycles. The molecule has 0 aliphatic heterocycles. The number of ether oxygens (including phenoxy) is 1. The molecular formula is C18H19FN4O2. The number of hydrogen-bond acceptors (Lipinski definition) is 4. The fraction of sp³-hybridized carbons (Fsp3) is 0.278. The maximum Gasteiger partial charge on any atom is 0.256 e. The van der Waals surface area contributed by atoms with E-state index >= 15 is 0 Å². The maximum absolute atomic E-state index is 13.2. The van der Waals surface area contributed by atoms with Gasteiger partial charge in [0.1, 0.15) is 23.7 Å². The van der Waals surface area contributed by atoms with Crippen molar-refractivity contribution in [1.82, 2.24) is 19.9 Å². The molecule has 3 rings (SSSR count). The lowest BCUT2D eigenvalue weighted by Crippen LogP contribution is -2.28. The number of rotatable bonds is 5. The van der Waals surface area contributed by atoms with E-state index < -0.39 is 0 Å². The molecule has 0 saturated heterocycles. The fourth-order valence-electron chi connectivity index (χ4n) is 2.57. The topological polar surface area (TPSA) is 68.5 Å². The van der Waals surface area contributed by atoms with Gasteiger partial charge >= 0.3 is 0 Å². The van der Waals surface area contributed by atoms with Crippen LogP contribution in [-0.4, -0.2) is 33.7 Å². The van der Waals surface area contributed by atoms with Gasteiger partial charge in [-0.1, -0.05) is 0 Å². The quantitative estimate of drug-likeness (QED) is 0.724. The van der Waals surface area contributed by atoms with E-state index in [4.69, 9.17) is 4.74 Å². The summed E-state index contributed by atoms with van der Waals surface area (Å²) in [5.74, 6) is 0.0373. The number of carbonyl (C=O) groups is 1. The minimum atomic E-state index is -0.271. The Labute approximate surface area is 144 Å². The van der Waals surface area contributed by atoms with E-state index in [2.05, 4.69) is 15.4 Å². The van der Waals surface area contributed by atoms with E-state index in [0.29, 0.717) is 29.1 Å². The van der Waals surface area contributed by atoms with E-state index in [1.807, 2.05) is 19.9 Å². The van der Waals surface area contributed by atoms with Gasteiger partial charge in [-0.15, -0.1) is 0 Å². The Bertz CT molecular complexity index is 936. The summed E-state index contributed by atoms with van der Waals surface area (Å²) < 4.78 is 20.4. The van der Waals surface area contributed by atoms with Crippen molar-refractivity contribution in [3.63, 3.8) is 0 Å². The summed E-state index contributed by atoms with van der Waals surface area (Å²) in [6.45, 7) is 6.06. The van der Waals surface area contributed by atoms with E-state index in [1.54, 1.807) is 23.6 Å². The van der Waals surface area contributed by atoms with Crippen LogP contribution in [0.15, 0.2) is 30.5 Å². The molecule has 2 heterocycles. The highest BCUT2D eigenvalue weighted by Gasteiger charge is 2.15. The number of nitrogens with zero attached hydrogens (tertiary/aromatic N) is 3. The number of hydrogen-bond donors (Lipinski definition) is 1. The van der Waals surface area contributed by atoms with Crippen molar-refractivity contribution in [2.45, 2.75) is 20.8 Å². The highest BCUT2D eigenvalue weighted by molar-refractivity contribution is 5.99. The summed E-state index contributed by atoms with van der Waals surface area (Å²) >= 11 is 0. The smallest absolute Gasteiger partial charge is 0.256 e. The Hall–Kier alpha value is -2.96. The molecule has 0 radical (unpaired) electrons. The number of benzene rings is 1. The summed E-state index contributed by atoms with van der Waals surface area (Å²) in [5, 5.41) is 6.98. The maximum atomic E-state index is 13.2. The SMILES string of the molecule is Cc1cc(C)n2ncc(C(=O)NCCOc3ccc(F)c(C)c3)c2n1. The normalized spacial score (nSPS) is 10.9. The molecule has 0 atom stereocenters. The lowest BCUT2D eigenvalue weighted by molar-refractivity contribution is 0.0948. The van der Waals surface area contributed by atoms with Crippen molar-refractivity contribution >= 4 is 11.6 Å². The molecule has 0 unspecified atom stereocenters. The summed E-state index contributed by atoms with van der Waals surface area (Å²) in [6.07, 6.45) is 1.51. The molecule has 0 fully saturated rings. The number of aromatic nitrogens is 3. The van der Waals surface area contributed by atoms with Gasteiger partial charge in [0.15, 0.2) is 5.65 Å². The first-order valence-electron chi connectivity index (χ1n) is 7.95. The van der Waals surface area contributed by atoms with E-state index in [1.165, 1.54) is 12.3 Å². The van der Waals surface area contributed by atoms with Crippen LogP contribution in [0.3, 0.4) is 0 Å². The van der Waals surface area contributed by atoms with Gasteiger partial charge < -0.3 is 10.1 Å². The zero-order chi connectivity index (χ0) is 18.0. The Morgan fingerprint density at radius 1 is 1.28 bits per heavy atom. The third kappa shape index (κ3) is 3.60. The average molecular weight is 342 g/mol. The van der Waals surface area contributed by atoms with Crippen molar-refractivity contribution in [3.05, 3.63) is 58.8 Å². The molecule has 7 heteroatoms. The number of nitrogens with one attached hydrogen (secondary N) is 1. The molecule has 0 bridgehead atoms.